The summed E-state index contributed by atoms with van der Waals surface area (Å²) in [6, 6.07) is 112. The maximum absolute atomic E-state index is 16.3. The first-order valence-electron chi connectivity index (χ1n) is 37.9. The first-order chi connectivity index (χ1) is 58.0. The molecule has 6 aromatic heterocycles. The average Bonchev–Trinajstić information content (AvgIpc) is 1.54. The number of hydrogen-bond acceptors (Lipinski definition) is 14. The molecule has 0 spiro atoms. The lowest BCUT2D eigenvalue weighted by Crippen LogP contribution is -2.10. The maximum atomic E-state index is 16.3. The second kappa shape index (κ2) is 29.5. The first kappa shape index (κ1) is 70.6. The number of nitrogens with zero attached hydrogens (tertiary/aromatic N) is 16. The third kappa shape index (κ3) is 13.2. The van der Waals surface area contributed by atoms with Gasteiger partial charge in [0.2, 0.25) is 0 Å². The molecule has 20 aromatic rings. The Kier molecular flexibility index (Phi) is 17.7. The lowest BCUT2D eigenvalue weighted by Gasteiger charge is -2.21. The van der Waals surface area contributed by atoms with Crippen molar-refractivity contribution in [3.8, 4) is 171 Å². The number of nitriles is 2. The zero-order valence-electron chi connectivity index (χ0n) is 62.2. The SMILES string of the molecule is N#Cc1ccc(-c2cc(-n3c4cc(-c5nc(-c6ccccc6)nc(-c6ccccc6)n5)ccc4c4ccc(-c5nc(-c6ccccc6)nc(-c6ccccc6)n5)cc43)c(-n3c4cc(-c5nc(-c6ccccc6)nc(-c6ccccc6)n5)ccc4c4ccc(-c5nc(-c6ccccc6)nc(-c6ccccc6)n5)cc43)cc2C#N)c(C(F)(F)F)c1. The van der Waals surface area contributed by atoms with Gasteiger partial charge in [-0.25, -0.2) is 59.8 Å². The van der Waals surface area contributed by atoms with Crippen molar-refractivity contribution >= 4 is 43.6 Å². The van der Waals surface area contributed by atoms with Gasteiger partial charge in [0.25, 0.3) is 0 Å². The average molecular weight is 1530 g/mol. The van der Waals surface area contributed by atoms with Crippen molar-refractivity contribution in [1.82, 2.24) is 68.9 Å². The molecule has 0 aliphatic carbocycles. The fourth-order valence-electron chi connectivity index (χ4n) is 15.2. The molecule has 0 N–H and O–H groups in total. The summed E-state index contributed by atoms with van der Waals surface area (Å²) in [5.74, 6) is 4.68. The second-order valence-electron chi connectivity index (χ2n) is 28.1. The van der Waals surface area contributed by atoms with Crippen LogP contribution >= 0.6 is 0 Å². The second-order valence-corrected chi connectivity index (χ2v) is 28.1. The highest BCUT2D eigenvalue weighted by Gasteiger charge is 2.36. The van der Waals surface area contributed by atoms with E-state index in [2.05, 4.69) is 6.07 Å². The highest BCUT2D eigenvalue weighted by molar-refractivity contribution is 6.14. The topological polar surface area (TPSA) is 212 Å². The van der Waals surface area contributed by atoms with Crippen LogP contribution in [0.25, 0.3) is 203 Å². The van der Waals surface area contributed by atoms with Crippen LogP contribution in [0.1, 0.15) is 16.7 Å². The van der Waals surface area contributed by atoms with E-state index in [-0.39, 0.29) is 22.3 Å². The Labute approximate surface area is 672 Å². The van der Waals surface area contributed by atoms with E-state index in [0.29, 0.717) is 136 Å². The highest BCUT2D eigenvalue weighted by atomic mass is 19.4. The van der Waals surface area contributed by atoms with Crippen LogP contribution in [0.2, 0.25) is 0 Å². The van der Waals surface area contributed by atoms with Crippen molar-refractivity contribution < 1.29 is 13.2 Å². The Bertz CT molecular complexity index is 6810. The molecule has 0 radical (unpaired) electrons. The van der Waals surface area contributed by atoms with Crippen molar-refractivity contribution in [3.63, 3.8) is 0 Å². The molecule has 0 saturated heterocycles. The molecular weight excluding hydrogens is 1470 g/mol. The van der Waals surface area contributed by atoms with E-state index >= 15 is 13.2 Å². The Morgan fingerprint density at radius 1 is 0.220 bits per heavy atom. The van der Waals surface area contributed by atoms with Crippen LogP contribution in [-0.2, 0) is 6.18 Å². The third-order valence-electron chi connectivity index (χ3n) is 20.8. The van der Waals surface area contributed by atoms with Gasteiger partial charge >= 0.3 is 6.18 Å². The zero-order valence-corrected chi connectivity index (χ0v) is 62.2. The van der Waals surface area contributed by atoms with Crippen molar-refractivity contribution in [1.29, 1.82) is 10.5 Å². The summed E-state index contributed by atoms with van der Waals surface area (Å²) in [6.07, 6.45) is -5.03. The van der Waals surface area contributed by atoms with E-state index in [1.165, 1.54) is 12.1 Å². The Morgan fingerprint density at radius 2 is 0.449 bits per heavy atom. The molecule has 0 saturated carbocycles. The Morgan fingerprint density at radius 3 is 0.669 bits per heavy atom. The standard InChI is InChI=1S/C99H57F3N16/c100-99(101,102)80-51-60(58-103)41-46-74(80)79-57-86(118-83-54-71(97-113-91(65-33-17-5-18-34-65)107-92(114-97)66-35-19-6-20-36-66)44-49-77(83)78-50-45-72(55-84(78)118)98-115-93(67-37-21-7-22-38-67)108-94(116-98)68-39-23-8-24-40-68)85(56-73(79)59-104)117-81-52-69(95-109-87(61-25-9-1-10-26-61)105-88(110-95)62-27-11-2-12-28-62)42-47-75(81)76-48-43-70(53-82(76)117)96-111-89(63-29-13-3-14-30-63)106-90(112-96)64-31-15-4-16-32-64/h1-57H. The van der Waals surface area contributed by atoms with Gasteiger partial charge in [0, 0.05) is 93.9 Å². The lowest BCUT2D eigenvalue weighted by molar-refractivity contribution is -0.137. The molecule has 6 heterocycles. The summed E-state index contributed by atoms with van der Waals surface area (Å²) in [7, 11) is 0. The molecule has 0 unspecified atom stereocenters. The van der Waals surface area contributed by atoms with Crippen molar-refractivity contribution in [2.75, 3.05) is 0 Å². The molecule has 14 aromatic carbocycles. The molecule has 554 valence electrons. The van der Waals surface area contributed by atoms with Gasteiger partial charge in [0.05, 0.1) is 62.3 Å². The minimum absolute atomic E-state index is 0.0865. The van der Waals surface area contributed by atoms with Gasteiger partial charge < -0.3 is 9.13 Å². The zero-order chi connectivity index (χ0) is 79.4. The van der Waals surface area contributed by atoms with Gasteiger partial charge in [-0.1, -0.05) is 297 Å². The van der Waals surface area contributed by atoms with E-state index in [1.54, 1.807) is 12.1 Å². The van der Waals surface area contributed by atoms with Crippen molar-refractivity contribution in [2.45, 2.75) is 6.18 Å². The van der Waals surface area contributed by atoms with Gasteiger partial charge in [-0.2, -0.15) is 23.7 Å². The quantitative estimate of drug-likeness (QED) is 0.0934. The van der Waals surface area contributed by atoms with Crippen LogP contribution in [0.5, 0.6) is 0 Å². The fourth-order valence-corrected chi connectivity index (χ4v) is 15.2. The van der Waals surface area contributed by atoms with Crippen LogP contribution in [0, 0.1) is 22.7 Å². The monoisotopic (exact) mass is 1530 g/mol. The summed E-state index contributed by atoms with van der Waals surface area (Å²) in [4.78, 5) is 62.1. The molecule has 20 rings (SSSR count). The van der Waals surface area contributed by atoms with Crippen LogP contribution in [0.3, 0.4) is 0 Å². The molecule has 0 amide bonds. The minimum atomic E-state index is -5.03. The van der Waals surface area contributed by atoms with E-state index in [0.717, 1.165) is 61.3 Å². The van der Waals surface area contributed by atoms with Crippen LogP contribution in [0.4, 0.5) is 13.2 Å². The van der Waals surface area contributed by atoms with Gasteiger partial charge in [-0.15, -0.1) is 0 Å². The number of aromatic nitrogens is 14. The summed E-state index contributed by atoms with van der Waals surface area (Å²) >= 11 is 0. The number of halogens is 3. The Balaban J connectivity index is 0.932. The van der Waals surface area contributed by atoms with E-state index in [4.69, 9.17) is 59.8 Å². The Hall–Kier alpha value is -16.5. The molecule has 118 heavy (non-hydrogen) atoms. The predicted octanol–water partition coefficient (Wildman–Crippen LogP) is 23.1. The molecule has 19 heteroatoms. The highest BCUT2D eigenvalue weighted by Crippen LogP contribution is 2.47. The molecule has 0 aliphatic rings. The summed E-state index contributed by atoms with van der Waals surface area (Å²) in [6.45, 7) is 0. The van der Waals surface area contributed by atoms with Crippen molar-refractivity contribution in [2.24, 2.45) is 0 Å². The van der Waals surface area contributed by atoms with E-state index in [1.807, 2.05) is 331 Å². The largest absolute Gasteiger partial charge is 0.417 e. The van der Waals surface area contributed by atoms with Crippen LogP contribution in [0.15, 0.2) is 346 Å². The smallest absolute Gasteiger partial charge is 0.307 e. The van der Waals surface area contributed by atoms with Gasteiger partial charge in [-0.3, -0.25) is 0 Å². The summed E-state index contributed by atoms with van der Waals surface area (Å²) in [5, 5.41) is 25.2. The number of hydrogen-bond donors (Lipinski definition) is 0. The molecule has 0 atom stereocenters. The number of fused-ring (bicyclic) bond motifs is 6. The normalized spacial score (nSPS) is 11.5. The lowest BCUT2D eigenvalue weighted by atomic mass is 9.92. The van der Waals surface area contributed by atoms with Gasteiger partial charge in [0.1, 0.15) is 0 Å². The molecule has 0 bridgehead atoms. The van der Waals surface area contributed by atoms with Gasteiger partial charge in [0.15, 0.2) is 69.9 Å². The van der Waals surface area contributed by atoms with E-state index < -0.39 is 11.7 Å². The first-order valence-corrected chi connectivity index (χ1v) is 37.9. The van der Waals surface area contributed by atoms with E-state index in [9.17, 15) is 10.5 Å². The van der Waals surface area contributed by atoms with Crippen LogP contribution < -0.4 is 0 Å². The number of rotatable bonds is 15. The third-order valence-corrected chi connectivity index (χ3v) is 20.8. The summed E-state index contributed by atoms with van der Waals surface area (Å²) < 4.78 is 52.9. The summed E-state index contributed by atoms with van der Waals surface area (Å²) in [5.41, 5.74) is 9.23. The number of benzene rings is 14. The fraction of sp³-hybridized carbons (Fsp3) is 0.0101. The predicted molar refractivity (Wildman–Crippen MR) is 454 cm³/mol. The molecule has 16 nitrogen and oxygen atoms in total. The minimum Gasteiger partial charge on any atom is -0.307 e. The number of alkyl halides is 3. The van der Waals surface area contributed by atoms with Crippen molar-refractivity contribution in [3.05, 3.63) is 362 Å². The van der Waals surface area contributed by atoms with Crippen LogP contribution in [-0.4, -0.2) is 68.9 Å². The maximum Gasteiger partial charge on any atom is 0.417 e. The molecular formula is C99H57F3N16. The van der Waals surface area contributed by atoms with Gasteiger partial charge in [-0.05, 0) is 54.1 Å². The molecule has 0 fully saturated rings. The molecule has 0 aliphatic heterocycles.